The molecule has 1 saturated heterocycles. The van der Waals surface area contributed by atoms with E-state index >= 15 is 0 Å². The average molecular weight is 362 g/mol. The Kier molecular flexibility index (Phi) is 4.54. The van der Waals surface area contributed by atoms with E-state index in [0.717, 1.165) is 16.8 Å². The third-order valence-electron chi connectivity index (χ3n) is 5.04. The van der Waals surface area contributed by atoms with E-state index in [0.29, 0.717) is 48.5 Å². The summed E-state index contributed by atoms with van der Waals surface area (Å²) in [5.74, 6) is -0.930. The van der Waals surface area contributed by atoms with Crippen LogP contribution in [0, 0.1) is 13.8 Å². The van der Waals surface area contributed by atoms with Crippen LogP contribution >= 0.6 is 0 Å². The Labute approximate surface area is 158 Å². The minimum Gasteiger partial charge on any atom is -0.478 e. The fourth-order valence-corrected chi connectivity index (χ4v) is 3.78. The number of ether oxygens (including phenoxy) is 1. The number of aromatic carboxylic acids is 1. The minimum absolute atomic E-state index is 0.317. The van der Waals surface area contributed by atoms with Gasteiger partial charge >= 0.3 is 5.97 Å². The summed E-state index contributed by atoms with van der Waals surface area (Å²) in [7, 11) is 0. The topological polar surface area (TPSA) is 62.7 Å². The van der Waals surface area contributed by atoms with Crippen LogP contribution in [0.5, 0.6) is 0 Å². The molecule has 1 aliphatic heterocycles. The van der Waals surface area contributed by atoms with E-state index in [-0.39, 0.29) is 0 Å². The normalized spacial score (nSPS) is 14.5. The molecule has 0 atom stereocenters. The molecule has 0 aliphatic carbocycles. The summed E-state index contributed by atoms with van der Waals surface area (Å²) in [5.41, 5.74) is 5.66. The first-order chi connectivity index (χ1) is 13.1. The number of aryl methyl sites for hydroxylation is 2. The van der Waals surface area contributed by atoms with Crippen LogP contribution in [-0.4, -0.2) is 42.4 Å². The lowest BCUT2D eigenvalue weighted by Crippen LogP contribution is -2.37. The summed E-state index contributed by atoms with van der Waals surface area (Å²) in [6.45, 7) is 6.56. The van der Waals surface area contributed by atoms with Crippen molar-refractivity contribution in [3.05, 3.63) is 59.2 Å². The van der Waals surface area contributed by atoms with Crippen LogP contribution in [0.1, 0.15) is 21.5 Å². The van der Waals surface area contributed by atoms with Gasteiger partial charge in [-0.05, 0) is 25.5 Å². The average Bonchev–Trinajstić information content (AvgIpc) is 2.67. The lowest BCUT2D eigenvalue weighted by Gasteiger charge is -2.32. The molecule has 1 aromatic heterocycles. The standard InChI is InChI=1S/C22H22N2O3/c1-14-7-8-16(15(2)13-14)20-21(24-9-11-27-12-10-24)19(22(25)26)17-5-3-4-6-18(17)23-20/h3-8,13H,9-12H2,1-2H3,(H,25,26). The van der Waals surface area contributed by atoms with Crippen LogP contribution in [0.3, 0.4) is 0 Å². The Hall–Kier alpha value is -2.92. The minimum atomic E-state index is -0.930. The summed E-state index contributed by atoms with van der Waals surface area (Å²) in [6.07, 6.45) is 0. The molecule has 0 saturated carbocycles. The molecule has 4 rings (SSSR count). The van der Waals surface area contributed by atoms with Gasteiger partial charge in [-0.1, -0.05) is 42.0 Å². The molecule has 0 bridgehead atoms. The number of anilines is 1. The molecule has 0 unspecified atom stereocenters. The molecule has 2 aromatic carbocycles. The van der Waals surface area contributed by atoms with E-state index < -0.39 is 5.97 Å². The van der Waals surface area contributed by atoms with E-state index in [2.05, 4.69) is 17.9 Å². The molecule has 138 valence electrons. The molecule has 0 radical (unpaired) electrons. The van der Waals surface area contributed by atoms with Gasteiger partial charge < -0.3 is 14.7 Å². The van der Waals surface area contributed by atoms with Gasteiger partial charge in [-0.3, -0.25) is 0 Å². The third-order valence-corrected chi connectivity index (χ3v) is 5.04. The molecule has 5 nitrogen and oxygen atoms in total. The maximum absolute atomic E-state index is 12.3. The number of carboxylic acid groups (broad SMARTS) is 1. The zero-order chi connectivity index (χ0) is 19.0. The SMILES string of the molecule is Cc1ccc(-c2nc3ccccc3c(C(=O)O)c2N2CCOCC2)c(C)c1. The quantitative estimate of drug-likeness (QED) is 0.761. The van der Waals surface area contributed by atoms with Crippen molar-refractivity contribution in [1.82, 2.24) is 4.98 Å². The van der Waals surface area contributed by atoms with Gasteiger partial charge in [0, 0.05) is 24.0 Å². The van der Waals surface area contributed by atoms with Crippen molar-refractivity contribution in [2.45, 2.75) is 13.8 Å². The third kappa shape index (κ3) is 3.15. The largest absolute Gasteiger partial charge is 0.478 e. The van der Waals surface area contributed by atoms with Gasteiger partial charge in [0.2, 0.25) is 0 Å². The fraction of sp³-hybridized carbons (Fsp3) is 0.273. The van der Waals surface area contributed by atoms with Crippen LogP contribution in [0.15, 0.2) is 42.5 Å². The van der Waals surface area contributed by atoms with Crippen LogP contribution in [0.25, 0.3) is 22.2 Å². The van der Waals surface area contributed by atoms with Gasteiger partial charge in [0.05, 0.1) is 35.7 Å². The summed E-state index contributed by atoms with van der Waals surface area (Å²) >= 11 is 0. The van der Waals surface area contributed by atoms with Crippen LogP contribution in [-0.2, 0) is 4.74 Å². The highest BCUT2D eigenvalue weighted by Gasteiger charge is 2.27. The van der Waals surface area contributed by atoms with Crippen molar-refractivity contribution in [3.63, 3.8) is 0 Å². The van der Waals surface area contributed by atoms with Crippen molar-refractivity contribution in [1.29, 1.82) is 0 Å². The maximum Gasteiger partial charge on any atom is 0.338 e. The Balaban J connectivity index is 2.08. The highest BCUT2D eigenvalue weighted by atomic mass is 16.5. The van der Waals surface area contributed by atoms with Crippen LogP contribution < -0.4 is 4.90 Å². The van der Waals surface area contributed by atoms with E-state index in [1.807, 2.05) is 43.3 Å². The molecule has 2 heterocycles. The lowest BCUT2D eigenvalue weighted by atomic mass is 9.96. The molecule has 1 N–H and O–H groups in total. The number of hydrogen-bond acceptors (Lipinski definition) is 4. The number of carbonyl (C=O) groups is 1. The highest BCUT2D eigenvalue weighted by molar-refractivity contribution is 6.10. The molecule has 0 amide bonds. The monoisotopic (exact) mass is 362 g/mol. The predicted molar refractivity (Wildman–Crippen MR) is 107 cm³/mol. The number of pyridine rings is 1. The van der Waals surface area contributed by atoms with Gasteiger partial charge in [0.15, 0.2) is 0 Å². The van der Waals surface area contributed by atoms with Crippen molar-refractivity contribution in [2.24, 2.45) is 0 Å². The van der Waals surface area contributed by atoms with Crippen molar-refractivity contribution in [2.75, 3.05) is 31.2 Å². The van der Waals surface area contributed by atoms with Crippen LogP contribution in [0.4, 0.5) is 5.69 Å². The number of hydrogen-bond donors (Lipinski definition) is 1. The lowest BCUT2D eigenvalue weighted by molar-refractivity contribution is 0.0698. The fourth-order valence-electron chi connectivity index (χ4n) is 3.78. The van der Waals surface area contributed by atoms with E-state index in [4.69, 9.17) is 9.72 Å². The van der Waals surface area contributed by atoms with Crippen molar-refractivity contribution >= 4 is 22.6 Å². The molecule has 1 aliphatic rings. The number of aromatic nitrogens is 1. The number of fused-ring (bicyclic) bond motifs is 1. The molecule has 0 spiro atoms. The predicted octanol–water partition coefficient (Wildman–Crippen LogP) is 4.05. The van der Waals surface area contributed by atoms with Crippen molar-refractivity contribution in [3.8, 4) is 11.3 Å². The summed E-state index contributed by atoms with van der Waals surface area (Å²) in [6, 6.07) is 13.6. The maximum atomic E-state index is 12.3. The smallest absolute Gasteiger partial charge is 0.338 e. The number of morpholine rings is 1. The number of carboxylic acids is 1. The molecular formula is C22H22N2O3. The van der Waals surface area contributed by atoms with Gasteiger partial charge in [-0.2, -0.15) is 0 Å². The first-order valence-corrected chi connectivity index (χ1v) is 9.12. The highest BCUT2D eigenvalue weighted by Crippen LogP contribution is 2.38. The van der Waals surface area contributed by atoms with E-state index in [1.54, 1.807) is 0 Å². The number of rotatable bonds is 3. The van der Waals surface area contributed by atoms with Gasteiger partial charge in [-0.15, -0.1) is 0 Å². The first-order valence-electron chi connectivity index (χ1n) is 9.12. The number of nitrogens with zero attached hydrogens (tertiary/aromatic N) is 2. The second-order valence-corrected chi connectivity index (χ2v) is 6.92. The van der Waals surface area contributed by atoms with E-state index in [1.165, 1.54) is 5.56 Å². The zero-order valence-corrected chi connectivity index (χ0v) is 15.5. The Morgan fingerprint density at radius 2 is 1.85 bits per heavy atom. The molecular weight excluding hydrogens is 340 g/mol. The Bertz CT molecular complexity index is 1020. The summed E-state index contributed by atoms with van der Waals surface area (Å²) in [5, 5.41) is 10.8. The molecule has 5 heteroatoms. The van der Waals surface area contributed by atoms with E-state index in [9.17, 15) is 9.90 Å². The Morgan fingerprint density at radius 1 is 1.11 bits per heavy atom. The second-order valence-electron chi connectivity index (χ2n) is 6.92. The van der Waals surface area contributed by atoms with Gasteiger partial charge in [-0.25, -0.2) is 9.78 Å². The van der Waals surface area contributed by atoms with Crippen LogP contribution in [0.2, 0.25) is 0 Å². The van der Waals surface area contributed by atoms with Gasteiger partial charge in [0.1, 0.15) is 0 Å². The van der Waals surface area contributed by atoms with Crippen molar-refractivity contribution < 1.29 is 14.6 Å². The molecule has 1 fully saturated rings. The summed E-state index contributed by atoms with van der Waals surface area (Å²) in [4.78, 5) is 19.3. The second kappa shape index (κ2) is 7.00. The first kappa shape index (κ1) is 17.5. The number of para-hydroxylation sites is 1. The summed E-state index contributed by atoms with van der Waals surface area (Å²) < 4.78 is 5.48. The zero-order valence-electron chi connectivity index (χ0n) is 15.5. The molecule has 3 aromatic rings. The Morgan fingerprint density at radius 3 is 2.56 bits per heavy atom. The molecule has 27 heavy (non-hydrogen) atoms. The van der Waals surface area contributed by atoms with Gasteiger partial charge in [0.25, 0.3) is 0 Å². The number of benzene rings is 2.